The van der Waals surface area contributed by atoms with Crippen LogP contribution in [0.2, 0.25) is 0 Å². The number of rotatable bonds is 6. The van der Waals surface area contributed by atoms with Gasteiger partial charge in [0.05, 0.1) is 6.21 Å². The van der Waals surface area contributed by atoms with E-state index in [-0.39, 0.29) is 12.7 Å². The highest BCUT2D eigenvalue weighted by molar-refractivity contribution is 5.95. The molecule has 0 unspecified atom stereocenters. The highest BCUT2D eigenvalue weighted by Gasteiger charge is 2.15. The van der Waals surface area contributed by atoms with Crippen molar-refractivity contribution in [2.45, 2.75) is 6.61 Å². The minimum atomic E-state index is -0.336. The lowest BCUT2D eigenvalue weighted by Gasteiger charge is -2.09. The molecule has 3 aromatic rings. The molecule has 3 aromatic carbocycles. The van der Waals surface area contributed by atoms with E-state index >= 15 is 0 Å². The van der Waals surface area contributed by atoms with Gasteiger partial charge in [0.25, 0.3) is 5.91 Å². The standard InChI is InChI=1S/C22H18N2O4/c25-22(17-10-11-20-21(12-17)28-15-27-20)24-23-13-18-8-4-5-9-19(18)26-14-16-6-2-1-3-7-16/h1-13H,14-15H2,(H,24,25)/b23-13+. The van der Waals surface area contributed by atoms with E-state index in [0.717, 1.165) is 11.1 Å². The number of hydrazone groups is 1. The molecule has 1 N–H and O–H groups in total. The van der Waals surface area contributed by atoms with Crippen LogP contribution in [0, 0.1) is 0 Å². The molecule has 0 spiro atoms. The molecule has 6 nitrogen and oxygen atoms in total. The molecule has 28 heavy (non-hydrogen) atoms. The Hall–Kier alpha value is -3.80. The van der Waals surface area contributed by atoms with Crippen molar-refractivity contribution in [2.75, 3.05) is 6.79 Å². The average molecular weight is 374 g/mol. The Bertz CT molecular complexity index is 1000. The predicted molar refractivity (Wildman–Crippen MR) is 105 cm³/mol. The average Bonchev–Trinajstić information content (AvgIpc) is 3.21. The summed E-state index contributed by atoms with van der Waals surface area (Å²) in [6.07, 6.45) is 1.56. The molecule has 1 amide bonds. The summed E-state index contributed by atoms with van der Waals surface area (Å²) >= 11 is 0. The number of carbonyl (C=O) groups excluding carboxylic acids is 1. The highest BCUT2D eigenvalue weighted by Crippen LogP contribution is 2.32. The summed E-state index contributed by atoms with van der Waals surface area (Å²) in [4.78, 5) is 12.3. The molecule has 0 atom stereocenters. The first-order valence-corrected chi connectivity index (χ1v) is 8.78. The number of hydrogen-bond acceptors (Lipinski definition) is 5. The van der Waals surface area contributed by atoms with Gasteiger partial charge in [-0.15, -0.1) is 0 Å². The van der Waals surface area contributed by atoms with Gasteiger partial charge in [-0.1, -0.05) is 42.5 Å². The molecule has 0 aromatic heterocycles. The Morgan fingerprint density at radius 3 is 2.68 bits per heavy atom. The number of amides is 1. The van der Waals surface area contributed by atoms with Crippen molar-refractivity contribution in [3.05, 3.63) is 89.5 Å². The first-order chi connectivity index (χ1) is 13.8. The van der Waals surface area contributed by atoms with Crippen molar-refractivity contribution in [1.82, 2.24) is 5.43 Å². The van der Waals surface area contributed by atoms with Gasteiger partial charge in [0.1, 0.15) is 12.4 Å². The van der Waals surface area contributed by atoms with Crippen LogP contribution < -0.4 is 19.6 Å². The third kappa shape index (κ3) is 4.12. The number of carbonyl (C=O) groups is 1. The van der Waals surface area contributed by atoms with Crippen LogP contribution in [0.1, 0.15) is 21.5 Å². The van der Waals surface area contributed by atoms with E-state index in [4.69, 9.17) is 14.2 Å². The summed E-state index contributed by atoms with van der Waals surface area (Å²) < 4.78 is 16.4. The van der Waals surface area contributed by atoms with Gasteiger partial charge >= 0.3 is 0 Å². The summed E-state index contributed by atoms with van der Waals surface area (Å²) in [5, 5.41) is 4.05. The summed E-state index contributed by atoms with van der Waals surface area (Å²) in [5.74, 6) is 1.53. The van der Waals surface area contributed by atoms with Crippen LogP contribution in [0.4, 0.5) is 0 Å². The molecule has 0 bridgehead atoms. The zero-order valence-corrected chi connectivity index (χ0v) is 15.0. The Labute approximate surface area is 162 Å². The normalized spacial score (nSPS) is 12.1. The molecule has 0 aliphatic carbocycles. The number of ether oxygens (including phenoxy) is 3. The number of nitrogens with zero attached hydrogens (tertiary/aromatic N) is 1. The molecule has 0 saturated heterocycles. The molecule has 140 valence electrons. The molecule has 0 saturated carbocycles. The van der Waals surface area contributed by atoms with Crippen molar-refractivity contribution in [2.24, 2.45) is 5.10 Å². The first kappa shape index (κ1) is 17.6. The Morgan fingerprint density at radius 2 is 1.79 bits per heavy atom. The minimum Gasteiger partial charge on any atom is -0.488 e. The van der Waals surface area contributed by atoms with Gasteiger partial charge in [0.15, 0.2) is 11.5 Å². The van der Waals surface area contributed by atoms with Crippen LogP contribution in [-0.4, -0.2) is 18.9 Å². The van der Waals surface area contributed by atoms with Crippen molar-refractivity contribution >= 4 is 12.1 Å². The molecule has 1 heterocycles. The number of nitrogens with one attached hydrogen (secondary N) is 1. The van der Waals surface area contributed by atoms with Gasteiger partial charge in [-0.05, 0) is 35.9 Å². The first-order valence-electron chi connectivity index (χ1n) is 8.78. The molecule has 6 heteroatoms. The lowest BCUT2D eigenvalue weighted by molar-refractivity contribution is 0.0954. The summed E-state index contributed by atoms with van der Waals surface area (Å²) in [5.41, 5.74) is 4.80. The van der Waals surface area contributed by atoms with E-state index in [9.17, 15) is 4.79 Å². The Morgan fingerprint density at radius 1 is 1.00 bits per heavy atom. The topological polar surface area (TPSA) is 69.2 Å². The summed E-state index contributed by atoms with van der Waals surface area (Å²) in [6, 6.07) is 22.4. The largest absolute Gasteiger partial charge is 0.488 e. The molecular weight excluding hydrogens is 356 g/mol. The van der Waals surface area contributed by atoms with Crippen LogP contribution in [0.3, 0.4) is 0 Å². The smallest absolute Gasteiger partial charge is 0.271 e. The van der Waals surface area contributed by atoms with Gasteiger partial charge in [-0.25, -0.2) is 5.43 Å². The number of benzene rings is 3. The maximum Gasteiger partial charge on any atom is 0.271 e. The monoisotopic (exact) mass is 374 g/mol. The zero-order valence-electron chi connectivity index (χ0n) is 15.0. The molecule has 0 radical (unpaired) electrons. The predicted octanol–water partition coefficient (Wildman–Crippen LogP) is 3.76. The van der Waals surface area contributed by atoms with E-state index in [0.29, 0.717) is 29.4 Å². The van der Waals surface area contributed by atoms with Crippen molar-refractivity contribution < 1.29 is 19.0 Å². The SMILES string of the molecule is O=C(N/N=C/c1ccccc1OCc1ccccc1)c1ccc2c(c1)OCO2. The van der Waals surface area contributed by atoms with Crippen LogP contribution >= 0.6 is 0 Å². The number of para-hydroxylation sites is 1. The molecule has 1 aliphatic rings. The van der Waals surface area contributed by atoms with E-state index in [1.54, 1.807) is 24.4 Å². The molecule has 4 rings (SSSR count). The van der Waals surface area contributed by atoms with Crippen LogP contribution in [0.5, 0.6) is 17.2 Å². The van der Waals surface area contributed by atoms with Gasteiger partial charge in [-0.3, -0.25) is 4.79 Å². The van der Waals surface area contributed by atoms with Gasteiger partial charge in [0.2, 0.25) is 6.79 Å². The van der Waals surface area contributed by atoms with Crippen LogP contribution in [0.25, 0.3) is 0 Å². The van der Waals surface area contributed by atoms with E-state index in [2.05, 4.69) is 10.5 Å². The summed E-state index contributed by atoms with van der Waals surface area (Å²) in [7, 11) is 0. The fourth-order valence-corrected chi connectivity index (χ4v) is 2.72. The second-order valence-electron chi connectivity index (χ2n) is 6.08. The third-order valence-corrected chi connectivity index (χ3v) is 4.16. The number of hydrogen-bond donors (Lipinski definition) is 1. The van der Waals surface area contributed by atoms with E-state index in [1.807, 2.05) is 54.6 Å². The highest BCUT2D eigenvalue weighted by atomic mass is 16.7. The van der Waals surface area contributed by atoms with Crippen molar-refractivity contribution in [1.29, 1.82) is 0 Å². The lowest BCUT2D eigenvalue weighted by atomic mass is 10.2. The van der Waals surface area contributed by atoms with Crippen molar-refractivity contribution in [3.63, 3.8) is 0 Å². The second-order valence-corrected chi connectivity index (χ2v) is 6.08. The third-order valence-electron chi connectivity index (χ3n) is 4.16. The molecule has 0 fully saturated rings. The van der Waals surface area contributed by atoms with Crippen molar-refractivity contribution in [3.8, 4) is 17.2 Å². The maximum atomic E-state index is 12.3. The maximum absolute atomic E-state index is 12.3. The van der Waals surface area contributed by atoms with E-state index < -0.39 is 0 Å². The Balaban J connectivity index is 1.40. The van der Waals surface area contributed by atoms with Gasteiger partial charge in [-0.2, -0.15) is 5.10 Å². The quantitative estimate of drug-likeness (QED) is 0.527. The van der Waals surface area contributed by atoms with Crippen LogP contribution in [0.15, 0.2) is 77.9 Å². The minimum absolute atomic E-state index is 0.165. The van der Waals surface area contributed by atoms with Gasteiger partial charge < -0.3 is 14.2 Å². The zero-order chi connectivity index (χ0) is 19.2. The number of fused-ring (bicyclic) bond motifs is 1. The second kappa shape index (κ2) is 8.26. The van der Waals surface area contributed by atoms with Gasteiger partial charge in [0, 0.05) is 11.1 Å². The van der Waals surface area contributed by atoms with Crippen LogP contribution in [-0.2, 0) is 6.61 Å². The Kier molecular flexibility index (Phi) is 5.20. The summed E-state index contributed by atoms with van der Waals surface area (Å²) in [6.45, 7) is 0.619. The fourth-order valence-electron chi connectivity index (χ4n) is 2.72. The van der Waals surface area contributed by atoms with E-state index in [1.165, 1.54) is 0 Å². The molecule has 1 aliphatic heterocycles. The molecular formula is C22H18N2O4. The fraction of sp³-hybridized carbons (Fsp3) is 0.0909. The lowest BCUT2D eigenvalue weighted by Crippen LogP contribution is -2.17.